The number of aromatic nitrogens is 2. The van der Waals surface area contributed by atoms with Crippen LogP contribution in [0.3, 0.4) is 0 Å². The van der Waals surface area contributed by atoms with E-state index >= 15 is 0 Å². The van der Waals surface area contributed by atoms with Gasteiger partial charge in [-0.3, -0.25) is 0 Å². The topological polar surface area (TPSA) is 89.2 Å². The number of anilines is 2. The highest BCUT2D eigenvalue weighted by Gasteiger charge is 2.23. The van der Waals surface area contributed by atoms with E-state index in [4.69, 9.17) is 5.73 Å². The molecule has 0 aliphatic carbocycles. The maximum atomic E-state index is 12.7. The van der Waals surface area contributed by atoms with Gasteiger partial charge in [-0.1, -0.05) is 45.9 Å². The molecule has 2 aromatic rings. The van der Waals surface area contributed by atoms with Crippen molar-refractivity contribution in [2.45, 2.75) is 37.5 Å². The number of rotatable bonds is 7. The van der Waals surface area contributed by atoms with Crippen molar-refractivity contribution < 1.29 is 8.42 Å². The molecule has 0 saturated carbocycles. The smallest absolute Gasteiger partial charge is 0.227 e. The Balaban J connectivity index is 2.40. The minimum atomic E-state index is -3.73. The van der Waals surface area contributed by atoms with Gasteiger partial charge in [0.05, 0.1) is 11.1 Å². The number of hydrogen-bond acceptors (Lipinski definition) is 6. The summed E-state index contributed by atoms with van der Waals surface area (Å²) < 4.78 is 25.4. The minimum absolute atomic E-state index is 0.0219. The van der Waals surface area contributed by atoms with E-state index in [-0.39, 0.29) is 15.6 Å². The number of hydrogen-bond donors (Lipinski definition) is 1. The van der Waals surface area contributed by atoms with Crippen molar-refractivity contribution in [1.29, 1.82) is 0 Å². The highest BCUT2D eigenvalue weighted by Crippen LogP contribution is 2.25. The Kier molecular flexibility index (Phi) is 6.00. The minimum Gasteiger partial charge on any atom is -0.382 e. The van der Waals surface area contributed by atoms with Crippen molar-refractivity contribution in [2.75, 3.05) is 23.7 Å². The first-order chi connectivity index (χ1) is 11.7. The summed E-state index contributed by atoms with van der Waals surface area (Å²) in [7, 11) is -3.73. The van der Waals surface area contributed by atoms with Gasteiger partial charge < -0.3 is 10.6 Å². The molecule has 0 radical (unpaired) electrons. The first-order valence-electron chi connectivity index (χ1n) is 8.39. The Labute approximate surface area is 150 Å². The Morgan fingerprint density at radius 3 is 2.08 bits per heavy atom. The molecule has 2 N–H and O–H groups in total. The monoisotopic (exact) mass is 362 g/mol. The van der Waals surface area contributed by atoms with Crippen LogP contribution in [0.2, 0.25) is 0 Å². The molecule has 0 spiro atoms. The van der Waals surface area contributed by atoms with E-state index in [0.29, 0.717) is 17.8 Å². The summed E-state index contributed by atoms with van der Waals surface area (Å²) in [5, 5.41) is 0. The Bertz CT molecular complexity index is 795. The van der Waals surface area contributed by atoms with E-state index in [9.17, 15) is 8.42 Å². The average molecular weight is 362 g/mol. The van der Waals surface area contributed by atoms with E-state index in [1.807, 2.05) is 4.90 Å². The maximum absolute atomic E-state index is 12.7. The number of nitrogen functional groups attached to an aromatic ring is 1. The molecule has 2 rings (SSSR count). The SMILES string of the molecule is CC(C)CN(CC(C)C)c1ncc(S(=O)(=O)c2ccccc2)c(N)n1. The summed E-state index contributed by atoms with van der Waals surface area (Å²) in [5.74, 6) is 1.30. The molecule has 0 fully saturated rings. The van der Waals surface area contributed by atoms with Crippen LogP contribution in [0.4, 0.5) is 11.8 Å². The van der Waals surface area contributed by atoms with E-state index in [1.165, 1.54) is 18.3 Å². The van der Waals surface area contributed by atoms with Crippen molar-refractivity contribution in [3.8, 4) is 0 Å². The van der Waals surface area contributed by atoms with E-state index in [1.54, 1.807) is 18.2 Å². The van der Waals surface area contributed by atoms with Crippen LogP contribution in [0.5, 0.6) is 0 Å². The van der Waals surface area contributed by atoms with Crippen LogP contribution in [0.25, 0.3) is 0 Å². The quantitative estimate of drug-likeness (QED) is 0.814. The van der Waals surface area contributed by atoms with Crippen LogP contribution in [0.1, 0.15) is 27.7 Å². The molecule has 0 atom stereocenters. The lowest BCUT2D eigenvalue weighted by molar-refractivity contribution is 0.543. The lowest BCUT2D eigenvalue weighted by Crippen LogP contribution is -2.33. The molecule has 1 aromatic heterocycles. The second-order valence-corrected chi connectivity index (χ2v) is 8.85. The third-order valence-corrected chi connectivity index (χ3v) is 5.35. The normalized spacial score (nSPS) is 11.9. The predicted octanol–water partition coefficient (Wildman–Crippen LogP) is 3.01. The van der Waals surface area contributed by atoms with Crippen LogP contribution < -0.4 is 10.6 Å². The van der Waals surface area contributed by atoms with Gasteiger partial charge in [-0.05, 0) is 24.0 Å². The summed E-state index contributed by atoms with van der Waals surface area (Å²) in [4.78, 5) is 10.7. The van der Waals surface area contributed by atoms with Gasteiger partial charge in [-0.15, -0.1) is 0 Å². The van der Waals surface area contributed by atoms with Gasteiger partial charge in [0.15, 0.2) is 0 Å². The summed E-state index contributed by atoms with van der Waals surface area (Å²) >= 11 is 0. The molecule has 1 heterocycles. The van der Waals surface area contributed by atoms with E-state index in [2.05, 4.69) is 37.7 Å². The van der Waals surface area contributed by atoms with E-state index < -0.39 is 9.84 Å². The van der Waals surface area contributed by atoms with Gasteiger partial charge >= 0.3 is 0 Å². The highest BCUT2D eigenvalue weighted by molar-refractivity contribution is 7.91. The summed E-state index contributed by atoms with van der Waals surface area (Å²) in [5.41, 5.74) is 5.99. The zero-order valence-corrected chi connectivity index (χ0v) is 16.0. The fourth-order valence-electron chi connectivity index (χ4n) is 2.58. The van der Waals surface area contributed by atoms with Gasteiger partial charge in [-0.25, -0.2) is 13.4 Å². The second kappa shape index (κ2) is 7.82. The molecule has 0 aliphatic heterocycles. The fraction of sp³-hybridized carbons (Fsp3) is 0.444. The summed E-state index contributed by atoms with van der Waals surface area (Å²) in [6, 6.07) is 8.17. The fourth-order valence-corrected chi connectivity index (χ4v) is 3.86. The van der Waals surface area contributed by atoms with Crippen LogP contribution in [-0.2, 0) is 9.84 Å². The molecule has 7 heteroatoms. The maximum Gasteiger partial charge on any atom is 0.227 e. The standard InChI is InChI=1S/C18H26N4O2S/c1-13(2)11-22(12-14(3)4)18-20-10-16(17(19)21-18)25(23,24)15-8-6-5-7-9-15/h5-10,13-14H,11-12H2,1-4H3,(H2,19,20,21). The van der Waals surface area contributed by atoms with Gasteiger partial charge in [0, 0.05) is 13.1 Å². The molecular weight excluding hydrogens is 336 g/mol. The number of benzene rings is 1. The highest BCUT2D eigenvalue weighted by atomic mass is 32.2. The van der Waals surface area contributed by atoms with Gasteiger partial charge in [-0.2, -0.15) is 4.98 Å². The van der Waals surface area contributed by atoms with Crippen molar-refractivity contribution in [3.63, 3.8) is 0 Å². The lowest BCUT2D eigenvalue weighted by atomic mass is 10.1. The molecular formula is C18H26N4O2S. The Hall–Kier alpha value is -2.15. The van der Waals surface area contributed by atoms with Gasteiger partial charge in [0.25, 0.3) is 0 Å². The molecule has 0 aliphatic rings. The lowest BCUT2D eigenvalue weighted by Gasteiger charge is -2.26. The largest absolute Gasteiger partial charge is 0.382 e. The number of nitrogens with two attached hydrogens (primary N) is 1. The van der Waals surface area contributed by atoms with Crippen molar-refractivity contribution in [3.05, 3.63) is 36.5 Å². The molecule has 0 unspecified atom stereocenters. The third-order valence-electron chi connectivity index (χ3n) is 3.57. The number of nitrogens with zero attached hydrogens (tertiary/aromatic N) is 3. The van der Waals surface area contributed by atoms with Gasteiger partial charge in [0.1, 0.15) is 10.7 Å². The molecule has 0 bridgehead atoms. The van der Waals surface area contributed by atoms with Crippen molar-refractivity contribution in [1.82, 2.24) is 9.97 Å². The van der Waals surface area contributed by atoms with Gasteiger partial charge in [0.2, 0.25) is 15.8 Å². The van der Waals surface area contributed by atoms with Crippen LogP contribution in [0, 0.1) is 11.8 Å². The van der Waals surface area contributed by atoms with Crippen molar-refractivity contribution >= 4 is 21.6 Å². The number of sulfone groups is 1. The zero-order valence-electron chi connectivity index (χ0n) is 15.2. The van der Waals surface area contributed by atoms with Crippen LogP contribution in [0.15, 0.2) is 46.3 Å². The summed E-state index contributed by atoms with van der Waals surface area (Å²) in [6.45, 7) is 10.0. The Morgan fingerprint density at radius 2 is 1.60 bits per heavy atom. The Morgan fingerprint density at radius 1 is 1.04 bits per heavy atom. The summed E-state index contributed by atoms with van der Waals surface area (Å²) in [6.07, 6.45) is 1.31. The first kappa shape index (κ1) is 19.2. The molecule has 25 heavy (non-hydrogen) atoms. The molecule has 0 amide bonds. The first-order valence-corrected chi connectivity index (χ1v) is 9.87. The predicted molar refractivity (Wildman–Crippen MR) is 100 cm³/mol. The van der Waals surface area contributed by atoms with Crippen LogP contribution >= 0.6 is 0 Å². The molecule has 1 aromatic carbocycles. The third kappa shape index (κ3) is 4.69. The molecule has 6 nitrogen and oxygen atoms in total. The zero-order chi connectivity index (χ0) is 18.6. The van der Waals surface area contributed by atoms with E-state index in [0.717, 1.165) is 13.1 Å². The average Bonchev–Trinajstić information content (AvgIpc) is 2.54. The molecule has 136 valence electrons. The van der Waals surface area contributed by atoms with Crippen molar-refractivity contribution in [2.24, 2.45) is 11.8 Å². The van der Waals surface area contributed by atoms with Crippen LogP contribution in [-0.4, -0.2) is 31.5 Å². The second-order valence-electron chi connectivity index (χ2n) is 6.93. The molecule has 0 saturated heterocycles.